The highest BCUT2D eigenvalue weighted by atomic mass is 16.5. The molecule has 4 heterocycles. The fourth-order valence-electron chi connectivity index (χ4n) is 5.10. The van der Waals surface area contributed by atoms with E-state index in [1.165, 1.54) is 27.8 Å². The van der Waals surface area contributed by atoms with Crippen molar-refractivity contribution in [3.63, 3.8) is 0 Å². The molecule has 4 amide bonds. The number of imide groups is 1. The fourth-order valence-corrected chi connectivity index (χ4v) is 5.10. The highest BCUT2D eigenvalue weighted by molar-refractivity contribution is 6.05. The summed E-state index contributed by atoms with van der Waals surface area (Å²) in [4.78, 5) is 65.1. The Morgan fingerprint density at radius 3 is 2.69 bits per heavy atom. The summed E-state index contributed by atoms with van der Waals surface area (Å²) in [6.07, 6.45) is 3.31. The maximum Gasteiger partial charge on any atom is 0.328 e. The summed E-state index contributed by atoms with van der Waals surface area (Å²) in [5.41, 5.74) is 1.87. The number of aromatic nitrogens is 3. The maximum absolute atomic E-state index is 13.2. The minimum atomic E-state index is -0.698. The van der Waals surface area contributed by atoms with Gasteiger partial charge in [0.15, 0.2) is 5.69 Å². The van der Waals surface area contributed by atoms with Crippen LogP contribution < -0.4 is 5.32 Å². The molecule has 0 radical (unpaired) electrons. The number of methoxy groups -OCH3 is 1. The third-order valence-electron chi connectivity index (χ3n) is 7.04. The molecule has 3 aliphatic heterocycles. The van der Waals surface area contributed by atoms with Crippen LogP contribution in [-0.2, 0) is 25.7 Å². The van der Waals surface area contributed by atoms with Crippen molar-refractivity contribution in [1.29, 1.82) is 0 Å². The van der Waals surface area contributed by atoms with Crippen molar-refractivity contribution in [3.05, 3.63) is 41.2 Å². The zero-order chi connectivity index (χ0) is 25.6. The van der Waals surface area contributed by atoms with E-state index in [2.05, 4.69) is 15.6 Å². The molecule has 3 aliphatic rings. The van der Waals surface area contributed by atoms with Crippen molar-refractivity contribution in [3.8, 4) is 5.69 Å². The minimum Gasteiger partial charge on any atom is -0.467 e. The number of amides is 4. The largest absolute Gasteiger partial charge is 0.467 e. The van der Waals surface area contributed by atoms with Crippen LogP contribution in [0, 0.1) is 5.92 Å². The van der Waals surface area contributed by atoms with Crippen LogP contribution in [0.1, 0.15) is 59.0 Å². The Kier molecular flexibility index (Phi) is 6.02. The number of esters is 1. The molecular weight excluding hydrogens is 468 g/mol. The molecule has 2 aromatic rings. The Morgan fingerprint density at radius 1 is 1.14 bits per heavy atom. The number of hydrogen-bond donors (Lipinski definition) is 1. The topological polar surface area (TPSA) is 144 Å². The van der Waals surface area contributed by atoms with Crippen molar-refractivity contribution in [1.82, 2.24) is 30.1 Å². The van der Waals surface area contributed by atoms with E-state index >= 15 is 0 Å². The molecule has 12 heteroatoms. The lowest BCUT2D eigenvalue weighted by molar-refractivity contribution is -0.147. The molecule has 2 saturated heterocycles. The highest BCUT2D eigenvalue weighted by Crippen LogP contribution is 2.29. The first-order chi connectivity index (χ1) is 17.3. The van der Waals surface area contributed by atoms with Crippen LogP contribution in [0.15, 0.2) is 24.4 Å². The van der Waals surface area contributed by atoms with Crippen LogP contribution in [0.5, 0.6) is 0 Å². The van der Waals surface area contributed by atoms with E-state index in [9.17, 15) is 24.0 Å². The quantitative estimate of drug-likeness (QED) is 0.476. The molecule has 3 unspecified atom stereocenters. The monoisotopic (exact) mass is 494 g/mol. The third kappa shape index (κ3) is 4.12. The SMILES string of the molecule is COC(=O)C1CCC(C)CN1C(=O)c1cn(-c2ccc3c(c2)CN(C2CCC(=O)NC2=O)C3=O)nn1. The van der Waals surface area contributed by atoms with Crippen LogP contribution in [0.3, 0.4) is 0 Å². The molecule has 0 saturated carbocycles. The molecule has 0 bridgehead atoms. The number of nitrogens with zero attached hydrogens (tertiary/aromatic N) is 5. The standard InChI is InChI=1S/C24H26N6O6/c1-13-3-6-19(24(35)36-2)28(10-13)23(34)17-12-30(27-26-17)15-4-5-16-14(9-15)11-29(22(16)33)18-7-8-20(31)25-21(18)32/h4-5,9,12-13,18-19H,3,6-8,10-11H2,1-2H3,(H,25,31,32). The number of fused-ring (bicyclic) bond motifs is 1. The van der Waals surface area contributed by atoms with Crippen LogP contribution in [0.25, 0.3) is 5.69 Å². The van der Waals surface area contributed by atoms with Crippen LogP contribution in [-0.4, -0.2) is 80.1 Å². The van der Waals surface area contributed by atoms with Crippen molar-refractivity contribution in [2.24, 2.45) is 5.92 Å². The molecule has 1 aromatic carbocycles. The van der Waals surface area contributed by atoms with E-state index in [4.69, 9.17) is 4.74 Å². The van der Waals surface area contributed by atoms with Gasteiger partial charge in [0, 0.05) is 25.1 Å². The van der Waals surface area contributed by atoms with E-state index < -0.39 is 29.9 Å². The summed E-state index contributed by atoms with van der Waals surface area (Å²) in [7, 11) is 1.30. The lowest BCUT2D eigenvalue weighted by Gasteiger charge is -2.36. The summed E-state index contributed by atoms with van der Waals surface area (Å²) in [5.74, 6) is -1.68. The first-order valence-electron chi connectivity index (χ1n) is 11.9. The molecule has 1 aromatic heterocycles. The third-order valence-corrected chi connectivity index (χ3v) is 7.04. The van der Waals surface area contributed by atoms with Crippen molar-refractivity contribution in [2.45, 2.75) is 51.2 Å². The minimum absolute atomic E-state index is 0.0970. The van der Waals surface area contributed by atoms with Gasteiger partial charge in [-0.05, 0) is 48.9 Å². The number of nitrogens with one attached hydrogen (secondary N) is 1. The average molecular weight is 495 g/mol. The summed E-state index contributed by atoms with van der Waals surface area (Å²) in [6, 6.07) is 3.75. The second-order valence-corrected chi connectivity index (χ2v) is 9.47. The second kappa shape index (κ2) is 9.17. The van der Waals surface area contributed by atoms with Gasteiger partial charge in [-0.1, -0.05) is 12.1 Å². The fraction of sp³-hybridized carbons (Fsp3) is 0.458. The average Bonchev–Trinajstić information content (AvgIpc) is 3.48. The molecule has 188 valence electrons. The Balaban J connectivity index is 1.35. The zero-order valence-electron chi connectivity index (χ0n) is 20.0. The molecule has 3 atom stereocenters. The van der Waals surface area contributed by atoms with Gasteiger partial charge in [0.1, 0.15) is 12.1 Å². The van der Waals surface area contributed by atoms with Gasteiger partial charge < -0.3 is 14.5 Å². The van der Waals surface area contributed by atoms with Crippen LogP contribution in [0.4, 0.5) is 0 Å². The van der Waals surface area contributed by atoms with Gasteiger partial charge in [-0.15, -0.1) is 5.10 Å². The summed E-state index contributed by atoms with van der Waals surface area (Å²) in [5, 5.41) is 10.4. The Hall–Kier alpha value is -4.09. The summed E-state index contributed by atoms with van der Waals surface area (Å²) < 4.78 is 6.32. The number of benzene rings is 1. The van der Waals surface area contributed by atoms with E-state index in [1.54, 1.807) is 18.2 Å². The molecule has 36 heavy (non-hydrogen) atoms. The van der Waals surface area contributed by atoms with Crippen LogP contribution in [0.2, 0.25) is 0 Å². The predicted octanol–water partition coefficient (Wildman–Crippen LogP) is 0.442. The molecule has 12 nitrogen and oxygen atoms in total. The Bertz CT molecular complexity index is 1270. The van der Waals surface area contributed by atoms with Gasteiger partial charge >= 0.3 is 5.97 Å². The number of carbonyl (C=O) groups is 5. The Labute approximate surface area is 206 Å². The van der Waals surface area contributed by atoms with Crippen LogP contribution >= 0.6 is 0 Å². The van der Waals surface area contributed by atoms with Crippen molar-refractivity contribution in [2.75, 3.05) is 13.7 Å². The maximum atomic E-state index is 13.2. The van der Waals surface area contributed by atoms with E-state index in [0.29, 0.717) is 29.8 Å². The van der Waals surface area contributed by atoms with Gasteiger partial charge in [0.05, 0.1) is 19.0 Å². The first-order valence-corrected chi connectivity index (χ1v) is 11.9. The Morgan fingerprint density at radius 2 is 1.94 bits per heavy atom. The molecule has 1 N–H and O–H groups in total. The molecule has 0 aliphatic carbocycles. The van der Waals surface area contributed by atoms with Crippen molar-refractivity contribution < 1.29 is 28.7 Å². The number of piperidine rings is 2. The molecule has 5 rings (SSSR count). The van der Waals surface area contributed by atoms with E-state index in [1.807, 2.05) is 6.92 Å². The molecular formula is C24H26N6O6. The molecule has 0 spiro atoms. The smallest absolute Gasteiger partial charge is 0.328 e. The van der Waals surface area contributed by atoms with E-state index in [-0.39, 0.29) is 42.8 Å². The predicted molar refractivity (Wildman–Crippen MR) is 123 cm³/mol. The van der Waals surface area contributed by atoms with Gasteiger partial charge in [0.2, 0.25) is 11.8 Å². The van der Waals surface area contributed by atoms with Crippen molar-refractivity contribution >= 4 is 29.6 Å². The summed E-state index contributed by atoms with van der Waals surface area (Å²) >= 11 is 0. The van der Waals surface area contributed by atoms with Gasteiger partial charge in [-0.25, -0.2) is 9.48 Å². The number of ether oxygens (including phenoxy) is 1. The van der Waals surface area contributed by atoms with Gasteiger partial charge in [-0.2, -0.15) is 0 Å². The second-order valence-electron chi connectivity index (χ2n) is 9.47. The van der Waals surface area contributed by atoms with Gasteiger partial charge in [-0.3, -0.25) is 24.5 Å². The number of rotatable bonds is 4. The number of likely N-dealkylation sites (tertiary alicyclic amines) is 1. The zero-order valence-corrected chi connectivity index (χ0v) is 20.0. The van der Waals surface area contributed by atoms with E-state index in [0.717, 1.165) is 6.42 Å². The number of hydrogen-bond acceptors (Lipinski definition) is 8. The summed E-state index contributed by atoms with van der Waals surface area (Å²) in [6.45, 7) is 2.67. The lowest BCUT2D eigenvalue weighted by atomic mass is 9.94. The first kappa shape index (κ1) is 23.6. The number of carbonyl (C=O) groups excluding carboxylic acids is 5. The van der Waals surface area contributed by atoms with Gasteiger partial charge in [0.25, 0.3) is 11.8 Å². The highest BCUT2D eigenvalue weighted by Gasteiger charge is 2.39. The lowest BCUT2D eigenvalue weighted by Crippen LogP contribution is -2.52. The normalized spacial score (nSPS) is 23.9. The molecule has 2 fully saturated rings.